The molecule has 1 aliphatic carbocycles. The average molecular weight is 190 g/mol. The summed E-state index contributed by atoms with van der Waals surface area (Å²) in [5.41, 5.74) is 4.38. The smallest absolute Gasteiger partial charge is 0.0931 e. The van der Waals surface area contributed by atoms with E-state index in [0.717, 1.165) is 12.0 Å². The van der Waals surface area contributed by atoms with Gasteiger partial charge < -0.3 is 5.11 Å². The molecule has 0 heterocycles. The fourth-order valence-corrected chi connectivity index (χ4v) is 2.62. The molecule has 0 saturated heterocycles. The number of aliphatic hydroxyl groups is 1. The van der Waals surface area contributed by atoms with Gasteiger partial charge in [0.25, 0.3) is 0 Å². The van der Waals surface area contributed by atoms with E-state index in [0.29, 0.717) is 5.92 Å². The summed E-state index contributed by atoms with van der Waals surface area (Å²) in [5, 5.41) is 10.3. The summed E-state index contributed by atoms with van der Waals surface area (Å²) in [6.45, 7) is 8.40. The quantitative estimate of drug-likeness (QED) is 0.722. The van der Waals surface area contributed by atoms with Gasteiger partial charge in [-0.1, -0.05) is 24.6 Å². The first-order valence-corrected chi connectivity index (χ1v) is 5.26. The van der Waals surface area contributed by atoms with E-state index in [1.807, 2.05) is 0 Å². The van der Waals surface area contributed by atoms with Crippen LogP contribution >= 0.6 is 0 Å². The van der Waals surface area contributed by atoms with Crippen LogP contribution in [0.5, 0.6) is 0 Å². The van der Waals surface area contributed by atoms with Crippen molar-refractivity contribution in [2.75, 3.05) is 0 Å². The van der Waals surface area contributed by atoms with Crippen LogP contribution < -0.4 is 0 Å². The Bertz CT molecular complexity index is 358. The molecule has 2 atom stereocenters. The minimum atomic E-state index is -0.526. The van der Waals surface area contributed by atoms with Crippen LogP contribution in [0.3, 0.4) is 0 Å². The Morgan fingerprint density at radius 2 is 1.64 bits per heavy atom. The summed E-state index contributed by atoms with van der Waals surface area (Å²) in [6, 6.07) is 4.32. The van der Waals surface area contributed by atoms with Crippen molar-refractivity contribution in [2.24, 2.45) is 5.92 Å². The molecule has 2 rings (SSSR count). The van der Waals surface area contributed by atoms with Crippen molar-refractivity contribution in [2.45, 2.75) is 39.7 Å². The summed E-state index contributed by atoms with van der Waals surface area (Å²) < 4.78 is 0. The van der Waals surface area contributed by atoms with Gasteiger partial charge in [0.2, 0.25) is 0 Å². The second kappa shape index (κ2) is 2.83. The predicted octanol–water partition coefficient (Wildman–Crippen LogP) is 2.84. The van der Waals surface area contributed by atoms with Crippen LogP contribution in [-0.2, 0) is 5.60 Å². The highest BCUT2D eigenvalue weighted by Gasteiger charge is 2.52. The van der Waals surface area contributed by atoms with Gasteiger partial charge in [0.05, 0.1) is 5.60 Å². The lowest BCUT2D eigenvalue weighted by Crippen LogP contribution is -2.12. The number of aryl methyl sites for hydroxylation is 3. The Kier molecular flexibility index (Phi) is 1.97. The van der Waals surface area contributed by atoms with Gasteiger partial charge in [-0.25, -0.2) is 0 Å². The number of rotatable bonds is 1. The summed E-state index contributed by atoms with van der Waals surface area (Å²) in [7, 11) is 0. The highest BCUT2D eigenvalue weighted by molar-refractivity contribution is 5.44. The second-order valence-corrected chi connectivity index (χ2v) is 4.80. The number of benzene rings is 1. The minimum Gasteiger partial charge on any atom is -0.385 e. The molecule has 1 aliphatic rings. The average Bonchev–Trinajstić information content (AvgIpc) is 2.56. The van der Waals surface area contributed by atoms with Crippen molar-refractivity contribution in [3.63, 3.8) is 0 Å². The van der Waals surface area contributed by atoms with E-state index in [1.54, 1.807) is 0 Å². The lowest BCUT2D eigenvalue weighted by molar-refractivity contribution is 0.133. The predicted molar refractivity (Wildman–Crippen MR) is 58.3 cm³/mol. The lowest BCUT2D eigenvalue weighted by atomic mass is 9.93. The Balaban J connectivity index is 2.54. The van der Waals surface area contributed by atoms with Gasteiger partial charge in [0, 0.05) is 0 Å². The van der Waals surface area contributed by atoms with E-state index in [2.05, 4.69) is 39.8 Å². The zero-order valence-corrected chi connectivity index (χ0v) is 9.39. The Morgan fingerprint density at radius 1 is 1.21 bits per heavy atom. The summed E-state index contributed by atoms with van der Waals surface area (Å²) in [5.74, 6) is 0.419. The normalized spacial score (nSPS) is 30.5. The van der Waals surface area contributed by atoms with Crippen LogP contribution in [0.2, 0.25) is 0 Å². The van der Waals surface area contributed by atoms with Crippen molar-refractivity contribution in [3.8, 4) is 0 Å². The zero-order valence-electron chi connectivity index (χ0n) is 9.39. The van der Waals surface area contributed by atoms with Gasteiger partial charge in [-0.2, -0.15) is 0 Å². The highest BCUT2D eigenvalue weighted by Crippen LogP contribution is 2.53. The van der Waals surface area contributed by atoms with E-state index in [-0.39, 0.29) is 0 Å². The van der Waals surface area contributed by atoms with Crippen LogP contribution in [-0.4, -0.2) is 5.11 Å². The molecule has 14 heavy (non-hydrogen) atoms. The number of hydrogen-bond donors (Lipinski definition) is 1. The van der Waals surface area contributed by atoms with E-state index in [4.69, 9.17) is 0 Å². The Labute approximate surface area is 85.8 Å². The van der Waals surface area contributed by atoms with Crippen molar-refractivity contribution in [1.82, 2.24) is 0 Å². The molecule has 76 valence electrons. The Hall–Kier alpha value is -0.820. The standard InChI is InChI=1S/C13H18O/c1-8-5-9(2)12(10(3)6-8)13(14)7-11(13)4/h5-6,11,14H,7H2,1-4H3. The molecule has 1 fully saturated rings. The molecule has 1 nitrogen and oxygen atoms in total. The largest absolute Gasteiger partial charge is 0.385 e. The molecule has 0 aromatic heterocycles. The van der Waals surface area contributed by atoms with E-state index in [1.165, 1.54) is 16.7 Å². The molecule has 1 aromatic rings. The molecule has 1 heteroatoms. The maximum Gasteiger partial charge on any atom is 0.0931 e. The van der Waals surface area contributed by atoms with Gasteiger partial charge in [0.1, 0.15) is 0 Å². The first-order chi connectivity index (χ1) is 6.45. The maximum atomic E-state index is 10.3. The molecule has 0 spiro atoms. The molecule has 0 bridgehead atoms. The molecule has 1 aromatic carbocycles. The van der Waals surface area contributed by atoms with Crippen molar-refractivity contribution in [1.29, 1.82) is 0 Å². The van der Waals surface area contributed by atoms with Gasteiger partial charge in [-0.15, -0.1) is 0 Å². The lowest BCUT2D eigenvalue weighted by Gasteiger charge is -2.17. The Morgan fingerprint density at radius 3 is 2.00 bits per heavy atom. The molecule has 1 N–H and O–H groups in total. The van der Waals surface area contributed by atoms with Crippen molar-refractivity contribution >= 4 is 0 Å². The van der Waals surface area contributed by atoms with Crippen LogP contribution in [0.1, 0.15) is 35.6 Å². The molecular weight excluding hydrogens is 172 g/mol. The van der Waals surface area contributed by atoms with Crippen LogP contribution in [0, 0.1) is 26.7 Å². The summed E-state index contributed by atoms with van der Waals surface area (Å²) in [4.78, 5) is 0. The van der Waals surface area contributed by atoms with Crippen LogP contribution in [0.15, 0.2) is 12.1 Å². The highest BCUT2D eigenvalue weighted by atomic mass is 16.3. The van der Waals surface area contributed by atoms with Gasteiger partial charge in [-0.05, 0) is 49.8 Å². The zero-order chi connectivity index (χ0) is 10.5. The summed E-state index contributed by atoms with van der Waals surface area (Å²) in [6.07, 6.45) is 0.914. The van der Waals surface area contributed by atoms with Gasteiger partial charge in [0.15, 0.2) is 0 Å². The first kappa shape index (κ1) is 9.72. The van der Waals surface area contributed by atoms with Gasteiger partial charge in [-0.3, -0.25) is 0 Å². The summed E-state index contributed by atoms with van der Waals surface area (Å²) >= 11 is 0. The molecule has 0 amide bonds. The van der Waals surface area contributed by atoms with Crippen molar-refractivity contribution < 1.29 is 5.11 Å². The molecule has 1 saturated carbocycles. The van der Waals surface area contributed by atoms with Gasteiger partial charge >= 0.3 is 0 Å². The van der Waals surface area contributed by atoms with E-state index >= 15 is 0 Å². The monoisotopic (exact) mass is 190 g/mol. The third kappa shape index (κ3) is 1.27. The van der Waals surface area contributed by atoms with Crippen LogP contribution in [0.4, 0.5) is 0 Å². The molecule has 0 radical (unpaired) electrons. The fraction of sp³-hybridized carbons (Fsp3) is 0.538. The molecule has 0 aliphatic heterocycles. The van der Waals surface area contributed by atoms with Crippen molar-refractivity contribution in [3.05, 3.63) is 34.4 Å². The van der Waals surface area contributed by atoms with E-state index < -0.39 is 5.60 Å². The molecule has 2 unspecified atom stereocenters. The second-order valence-electron chi connectivity index (χ2n) is 4.80. The van der Waals surface area contributed by atoms with E-state index in [9.17, 15) is 5.11 Å². The fourth-order valence-electron chi connectivity index (χ4n) is 2.62. The molecular formula is C13H18O. The third-order valence-corrected chi connectivity index (χ3v) is 3.38. The maximum absolute atomic E-state index is 10.3. The van der Waals surface area contributed by atoms with Crippen LogP contribution in [0.25, 0.3) is 0 Å². The minimum absolute atomic E-state index is 0.419. The topological polar surface area (TPSA) is 20.2 Å². The first-order valence-electron chi connectivity index (χ1n) is 5.26. The SMILES string of the molecule is Cc1cc(C)c(C2(O)CC2C)c(C)c1. The number of hydrogen-bond acceptors (Lipinski definition) is 1. The third-order valence-electron chi connectivity index (χ3n) is 3.38.